The van der Waals surface area contributed by atoms with E-state index in [1.807, 2.05) is 55.5 Å². The molecule has 3 rings (SSSR count). The van der Waals surface area contributed by atoms with Gasteiger partial charge < -0.3 is 19.6 Å². The van der Waals surface area contributed by atoms with Gasteiger partial charge in [-0.25, -0.2) is 4.98 Å². The van der Waals surface area contributed by atoms with Gasteiger partial charge in [0, 0.05) is 31.4 Å². The van der Waals surface area contributed by atoms with Crippen LogP contribution in [-0.2, 0) is 29.0 Å². The van der Waals surface area contributed by atoms with Gasteiger partial charge in [0.25, 0.3) is 0 Å². The molecule has 0 bridgehead atoms. The Morgan fingerprint density at radius 1 is 0.973 bits per heavy atom. The molecule has 0 unspecified atom stereocenters. The average Bonchev–Trinajstić information content (AvgIpc) is 3.27. The van der Waals surface area contributed by atoms with Crippen molar-refractivity contribution in [2.24, 2.45) is 0 Å². The second-order valence-electron chi connectivity index (χ2n) is 9.25. The van der Waals surface area contributed by atoms with Crippen molar-refractivity contribution in [1.29, 1.82) is 0 Å². The number of carboxylic acid groups (broad SMARTS) is 1. The van der Waals surface area contributed by atoms with Crippen molar-refractivity contribution in [3.8, 4) is 17.2 Å². The third-order valence-electron chi connectivity index (χ3n) is 6.29. The first kappa shape index (κ1) is 28.0. The Morgan fingerprint density at radius 2 is 1.76 bits per heavy atom. The number of oxazole rings is 1. The van der Waals surface area contributed by atoms with Gasteiger partial charge in [-0.1, -0.05) is 56.9 Å². The van der Waals surface area contributed by atoms with Crippen LogP contribution in [0.2, 0.25) is 0 Å². The largest absolute Gasteiger partial charge is 0.493 e. The summed E-state index contributed by atoms with van der Waals surface area (Å²) in [6.45, 7) is 4.84. The van der Waals surface area contributed by atoms with Crippen molar-refractivity contribution >= 4 is 11.9 Å². The lowest BCUT2D eigenvalue weighted by molar-refractivity contribution is -0.137. The number of carbonyl (C=O) groups is 2. The van der Waals surface area contributed by atoms with Crippen LogP contribution in [0.25, 0.3) is 11.5 Å². The van der Waals surface area contributed by atoms with E-state index in [-0.39, 0.29) is 12.3 Å². The predicted octanol–water partition coefficient (Wildman–Crippen LogP) is 6.27. The summed E-state index contributed by atoms with van der Waals surface area (Å²) in [6, 6.07) is 15.4. The molecule has 0 saturated heterocycles. The number of benzene rings is 2. The van der Waals surface area contributed by atoms with Gasteiger partial charge in [-0.2, -0.15) is 0 Å². The monoisotopic (exact) mass is 506 g/mol. The van der Waals surface area contributed by atoms with Crippen LogP contribution in [0.15, 0.2) is 52.9 Å². The number of aromatic nitrogens is 1. The minimum Gasteiger partial charge on any atom is -0.493 e. The van der Waals surface area contributed by atoms with Crippen LogP contribution in [0.3, 0.4) is 0 Å². The number of carbonyl (C=O) groups excluding carboxylic acids is 1. The Morgan fingerprint density at radius 3 is 2.51 bits per heavy atom. The van der Waals surface area contributed by atoms with Crippen molar-refractivity contribution in [2.45, 2.75) is 78.2 Å². The molecule has 3 aromatic rings. The lowest BCUT2D eigenvalue weighted by Gasteiger charge is -2.13. The zero-order chi connectivity index (χ0) is 26.5. The summed E-state index contributed by atoms with van der Waals surface area (Å²) in [5, 5.41) is 12.1. The van der Waals surface area contributed by atoms with E-state index < -0.39 is 5.97 Å². The van der Waals surface area contributed by atoms with E-state index in [0.717, 1.165) is 47.4 Å². The fraction of sp³-hybridized carbons (Fsp3) is 0.433. The minimum absolute atomic E-state index is 0.0164. The third kappa shape index (κ3) is 9.41. The van der Waals surface area contributed by atoms with Crippen LogP contribution in [0, 0.1) is 6.92 Å². The van der Waals surface area contributed by atoms with Gasteiger partial charge in [0.05, 0.1) is 12.3 Å². The molecular formula is C30H38N2O5. The van der Waals surface area contributed by atoms with E-state index in [1.165, 1.54) is 12.8 Å². The predicted molar refractivity (Wildman–Crippen MR) is 143 cm³/mol. The third-order valence-corrected chi connectivity index (χ3v) is 6.29. The summed E-state index contributed by atoms with van der Waals surface area (Å²) < 4.78 is 11.8. The summed E-state index contributed by atoms with van der Waals surface area (Å²) in [4.78, 5) is 28.0. The quantitative estimate of drug-likeness (QED) is 0.222. The molecule has 198 valence electrons. The molecule has 0 aliphatic carbocycles. The first-order valence-corrected chi connectivity index (χ1v) is 13.2. The molecule has 1 amide bonds. The molecule has 0 radical (unpaired) electrons. The van der Waals surface area contributed by atoms with Gasteiger partial charge in [0.1, 0.15) is 11.5 Å². The SMILES string of the molecule is CCCCCCCC(=O)NCc1cc(OCCc2nc(-c3ccccc3)oc2C)ccc1CCC(=O)O. The van der Waals surface area contributed by atoms with Crippen LogP contribution >= 0.6 is 0 Å². The highest BCUT2D eigenvalue weighted by Crippen LogP contribution is 2.23. The number of unbranched alkanes of at least 4 members (excludes halogenated alkanes) is 4. The van der Waals surface area contributed by atoms with Crippen molar-refractivity contribution in [3.63, 3.8) is 0 Å². The van der Waals surface area contributed by atoms with Crippen LogP contribution in [0.1, 0.15) is 74.5 Å². The molecule has 0 atom stereocenters. The number of hydrogen-bond donors (Lipinski definition) is 2. The van der Waals surface area contributed by atoms with E-state index in [2.05, 4.69) is 17.2 Å². The zero-order valence-corrected chi connectivity index (χ0v) is 21.9. The lowest BCUT2D eigenvalue weighted by atomic mass is 10.0. The van der Waals surface area contributed by atoms with E-state index in [9.17, 15) is 9.59 Å². The van der Waals surface area contributed by atoms with Crippen LogP contribution in [0.5, 0.6) is 5.75 Å². The highest BCUT2D eigenvalue weighted by atomic mass is 16.5. The fourth-order valence-corrected chi connectivity index (χ4v) is 4.14. The fourth-order valence-electron chi connectivity index (χ4n) is 4.14. The average molecular weight is 507 g/mol. The molecule has 0 spiro atoms. The minimum atomic E-state index is -0.847. The van der Waals surface area contributed by atoms with E-state index in [1.54, 1.807) is 0 Å². The number of nitrogens with zero attached hydrogens (tertiary/aromatic N) is 1. The standard InChI is InChI=1S/C30H38N2O5/c1-3-4-5-6-10-13-28(33)31-21-25-20-26(16-14-23(25)15-17-29(34)35)36-19-18-27-22(2)37-30(32-27)24-11-8-7-9-12-24/h7-9,11-12,14,16,20H,3-6,10,13,15,17-19,21H2,1-2H3,(H,31,33)(H,34,35). The van der Waals surface area contributed by atoms with Crippen molar-refractivity contribution in [3.05, 3.63) is 71.1 Å². The smallest absolute Gasteiger partial charge is 0.303 e. The molecule has 1 heterocycles. The Hall–Kier alpha value is -3.61. The molecule has 7 heteroatoms. The van der Waals surface area contributed by atoms with Gasteiger partial charge in [0.2, 0.25) is 11.8 Å². The molecule has 1 aromatic heterocycles. The number of ether oxygens (including phenoxy) is 1. The maximum atomic E-state index is 12.3. The molecule has 2 aromatic carbocycles. The lowest BCUT2D eigenvalue weighted by Crippen LogP contribution is -2.23. The highest BCUT2D eigenvalue weighted by molar-refractivity contribution is 5.75. The first-order valence-electron chi connectivity index (χ1n) is 13.2. The van der Waals surface area contributed by atoms with Gasteiger partial charge >= 0.3 is 5.97 Å². The number of carboxylic acids is 1. The molecule has 37 heavy (non-hydrogen) atoms. The number of hydrogen-bond acceptors (Lipinski definition) is 5. The van der Waals surface area contributed by atoms with Crippen LogP contribution < -0.4 is 10.1 Å². The molecule has 0 aliphatic heterocycles. The van der Waals surface area contributed by atoms with Gasteiger partial charge in [-0.3, -0.25) is 9.59 Å². The molecule has 0 fully saturated rings. The first-order chi connectivity index (χ1) is 18.0. The van der Waals surface area contributed by atoms with Gasteiger partial charge in [-0.15, -0.1) is 0 Å². The summed E-state index contributed by atoms with van der Waals surface area (Å²) >= 11 is 0. The zero-order valence-electron chi connectivity index (χ0n) is 21.9. The maximum absolute atomic E-state index is 12.3. The van der Waals surface area contributed by atoms with Crippen LogP contribution in [-0.4, -0.2) is 28.6 Å². The number of rotatable bonds is 16. The Labute approximate surface area is 219 Å². The van der Waals surface area contributed by atoms with Crippen molar-refractivity contribution < 1.29 is 23.8 Å². The van der Waals surface area contributed by atoms with E-state index in [4.69, 9.17) is 14.3 Å². The van der Waals surface area contributed by atoms with Crippen LogP contribution in [0.4, 0.5) is 0 Å². The number of aryl methyl sites for hydroxylation is 2. The van der Waals surface area contributed by atoms with E-state index in [0.29, 0.717) is 44.1 Å². The topological polar surface area (TPSA) is 102 Å². The molecule has 0 aliphatic rings. The molecule has 7 nitrogen and oxygen atoms in total. The van der Waals surface area contributed by atoms with Gasteiger partial charge in [-0.05, 0) is 55.2 Å². The molecule has 0 saturated carbocycles. The summed E-state index contributed by atoms with van der Waals surface area (Å²) in [6.07, 6.45) is 7.01. The Balaban J connectivity index is 1.57. The maximum Gasteiger partial charge on any atom is 0.303 e. The molecular weight excluding hydrogens is 468 g/mol. The second-order valence-corrected chi connectivity index (χ2v) is 9.25. The second kappa shape index (κ2) is 14.8. The van der Waals surface area contributed by atoms with Gasteiger partial charge in [0.15, 0.2) is 0 Å². The number of aliphatic carboxylic acids is 1. The Kier molecular flexibility index (Phi) is 11.2. The molecule has 2 N–H and O–H groups in total. The number of nitrogens with one attached hydrogen (secondary N) is 1. The summed E-state index contributed by atoms with van der Waals surface area (Å²) in [5.41, 5.74) is 3.56. The highest BCUT2D eigenvalue weighted by Gasteiger charge is 2.13. The Bertz CT molecular complexity index is 1140. The van der Waals surface area contributed by atoms with E-state index >= 15 is 0 Å². The normalized spacial score (nSPS) is 10.9. The summed E-state index contributed by atoms with van der Waals surface area (Å²) in [5.74, 6) is 1.21. The summed E-state index contributed by atoms with van der Waals surface area (Å²) in [7, 11) is 0. The number of amides is 1. The van der Waals surface area contributed by atoms with Crippen molar-refractivity contribution in [1.82, 2.24) is 10.3 Å². The van der Waals surface area contributed by atoms with Crippen molar-refractivity contribution in [2.75, 3.05) is 6.61 Å².